The Morgan fingerprint density at radius 3 is 2.79 bits per heavy atom. The number of aromatic nitrogens is 2. The first-order valence-corrected chi connectivity index (χ1v) is 5.52. The molecule has 1 aromatic heterocycles. The van der Waals surface area contributed by atoms with Crippen molar-refractivity contribution >= 4 is 23.3 Å². The van der Waals surface area contributed by atoms with Crippen LogP contribution < -0.4 is 4.43 Å². The van der Waals surface area contributed by atoms with E-state index >= 15 is 0 Å². The van der Waals surface area contributed by atoms with E-state index in [0.717, 1.165) is 0 Å². The third kappa shape index (κ3) is 1.95. The summed E-state index contributed by atoms with van der Waals surface area (Å²) in [7, 11) is 0. The highest BCUT2D eigenvalue weighted by Crippen LogP contribution is 2.13. The van der Waals surface area contributed by atoms with Gasteiger partial charge in [-0.15, -0.1) is 0 Å². The van der Waals surface area contributed by atoms with Gasteiger partial charge in [0.1, 0.15) is 5.52 Å². The van der Waals surface area contributed by atoms with Crippen LogP contribution in [0.4, 0.5) is 0 Å². The smallest absolute Gasteiger partial charge is 0.411 e. The zero-order valence-electron chi connectivity index (χ0n) is 10.0. The highest BCUT2D eigenvalue weighted by Gasteiger charge is 2.30. The van der Waals surface area contributed by atoms with Gasteiger partial charge in [0.2, 0.25) is 0 Å². The van der Waals surface area contributed by atoms with Crippen LogP contribution in [0.25, 0.3) is 11.0 Å². The Hall–Kier alpha value is -2.70. The average Bonchev–Trinajstić information content (AvgIpc) is 2.42. The number of fused-ring (bicyclic) bond motifs is 1. The number of carbonyl (C=O) groups excluding carboxylic acids is 2. The van der Waals surface area contributed by atoms with Crippen LogP contribution in [0.5, 0.6) is 0 Å². The molecule has 98 valence electrons. The van der Waals surface area contributed by atoms with Crippen LogP contribution in [0.2, 0.25) is 0 Å². The molecule has 0 atom stereocenters. The third-order valence-corrected chi connectivity index (χ3v) is 2.56. The SMILES string of the molecule is CCOC(=O)c1c(C=O)n([O-])c2ccccc2[n+]1=O. The van der Waals surface area contributed by atoms with E-state index in [1.165, 1.54) is 12.1 Å². The van der Waals surface area contributed by atoms with E-state index in [4.69, 9.17) is 0 Å². The van der Waals surface area contributed by atoms with Crippen molar-refractivity contribution < 1.29 is 18.8 Å². The lowest BCUT2D eigenvalue weighted by Gasteiger charge is -2.14. The van der Waals surface area contributed by atoms with Gasteiger partial charge in [0, 0.05) is 11.0 Å². The number of benzene rings is 1. The van der Waals surface area contributed by atoms with Crippen molar-refractivity contribution in [3.63, 3.8) is 0 Å². The number of esters is 1. The largest absolute Gasteiger partial charge is 0.805 e. The van der Waals surface area contributed by atoms with Gasteiger partial charge < -0.3 is 14.7 Å². The summed E-state index contributed by atoms with van der Waals surface area (Å²) < 4.78 is 5.18. The standard InChI is InChI=1S/C12H10N2O5/c1-2-19-12(16)11-10(7-15)13(17)8-5-3-4-6-9(8)14(11)18/h3-7H,2H2,1H3. The summed E-state index contributed by atoms with van der Waals surface area (Å²) in [5, 5.41) is 12.0. The Morgan fingerprint density at radius 1 is 1.47 bits per heavy atom. The fourth-order valence-corrected chi connectivity index (χ4v) is 1.75. The van der Waals surface area contributed by atoms with Crippen LogP contribution >= 0.6 is 0 Å². The molecule has 1 heterocycles. The molecule has 0 fully saturated rings. The third-order valence-electron chi connectivity index (χ3n) is 2.56. The summed E-state index contributed by atoms with van der Waals surface area (Å²) in [5.41, 5.74) is -1.17. The maximum atomic E-state index is 12.1. The van der Waals surface area contributed by atoms with Gasteiger partial charge in [0.25, 0.3) is 5.52 Å². The Labute approximate surface area is 107 Å². The molecule has 1 aromatic carbocycles. The zero-order chi connectivity index (χ0) is 14.0. The second-order valence-electron chi connectivity index (χ2n) is 3.65. The highest BCUT2D eigenvalue weighted by molar-refractivity contribution is 5.95. The second-order valence-corrected chi connectivity index (χ2v) is 3.65. The molecule has 2 rings (SSSR count). The van der Waals surface area contributed by atoms with Crippen molar-refractivity contribution in [3.8, 4) is 0 Å². The first kappa shape index (κ1) is 12.7. The minimum Gasteiger partial charge on any atom is -0.805 e. The Morgan fingerprint density at radius 2 is 2.16 bits per heavy atom. The van der Waals surface area contributed by atoms with E-state index in [1.54, 1.807) is 19.1 Å². The number of ether oxygens (including phenoxy) is 1. The minimum atomic E-state index is -1.00. The lowest BCUT2D eigenvalue weighted by Crippen LogP contribution is -2.32. The molecule has 0 aliphatic carbocycles. The molecule has 7 nitrogen and oxygen atoms in total. The number of hydrogen-bond acceptors (Lipinski definition) is 5. The maximum absolute atomic E-state index is 12.1. The molecule has 0 amide bonds. The van der Waals surface area contributed by atoms with E-state index < -0.39 is 17.4 Å². The summed E-state index contributed by atoms with van der Waals surface area (Å²) in [6.07, 6.45) is 0.167. The van der Waals surface area contributed by atoms with E-state index in [1.807, 2.05) is 0 Å². The van der Waals surface area contributed by atoms with Crippen LogP contribution in [0, 0.1) is 10.1 Å². The van der Waals surface area contributed by atoms with Crippen molar-refractivity contribution in [2.75, 3.05) is 6.61 Å². The summed E-state index contributed by atoms with van der Waals surface area (Å²) in [6.45, 7) is 1.59. The first-order valence-electron chi connectivity index (χ1n) is 5.52. The van der Waals surface area contributed by atoms with Crippen molar-refractivity contribution in [1.82, 2.24) is 4.73 Å². The Balaban J connectivity index is 2.90. The molecule has 0 saturated heterocycles. The lowest BCUT2D eigenvalue weighted by molar-refractivity contribution is -0.469. The normalized spacial score (nSPS) is 10.4. The van der Waals surface area contributed by atoms with Gasteiger partial charge in [-0.25, -0.2) is 4.79 Å². The maximum Gasteiger partial charge on any atom is 0.411 e. The summed E-state index contributed by atoms with van der Waals surface area (Å²) in [4.78, 5) is 34.7. The van der Waals surface area contributed by atoms with Crippen molar-refractivity contribution in [2.45, 2.75) is 6.92 Å². The van der Waals surface area contributed by atoms with Gasteiger partial charge in [0.15, 0.2) is 12.0 Å². The number of para-hydroxylation sites is 2. The van der Waals surface area contributed by atoms with Crippen LogP contribution in [0.15, 0.2) is 24.3 Å². The van der Waals surface area contributed by atoms with Crippen LogP contribution in [0.3, 0.4) is 0 Å². The fourth-order valence-electron chi connectivity index (χ4n) is 1.75. The van der Waals surface area contributed by atoms with Crippen LogP contribution in [0.1, 0.15) is 27.9 Å². The summed E-state index contributed by atoms with van der Waals surface area (Å²) in [5.74, 6) is -1.00. The van der Waals surface area contributed by atoms with Gasteiger partial charge >= 0.3 is 11.7 Å². The molecule has 0 spiro atoms. The Bertz CT molecular complexity index is 720. The van der Waals surface area contributed by atoms with Crippen molar-refractivity contribution in [2.24, 2.45) is 0 Å². The lowest BCUT2D eigenvalue weighted by atomic mass is 10.2. The average molecular weight is 262 g/mol. The predicted molar refractivity (Wildman–Crippen MR) is 65.4 cm³/mol. The quantitative estimate of drug-likeness (QED) is 0.465. The molecule has 0 N–H and O–H groups in total. The zero-order valence-corrected chi connectivity index (χ0v) is 10.0. The minimum absolute atomic E-state index is 0.00708. The molecule has 0 aliphatic heterocycles. The number of rotatable bonds is 3. The number of aldehydes is 1. The second kappa shape index (κ2) is 4.89. The molecule has 0 unspecified atom stereocenters. The molecule has 19 heavy (non-hydrogen) atoms. The van der Waals surface area contributed by atoms with Crippen LogP contribution in [-0.4, -0.2) is 23.6 Å². The van der Waals surface area contributed by atoms with Gasteiger partial charge in [-0.05, 0) is 13.0 Å². The van der Waals surface area contributed by atoms with Crippen molar-refractivity contribution in [1.29, 1.82) is 0 Å². The number of nitrogens with zero attached hydrogens (tertiary/aromatic N) is 2. The number of hydrogen-bond donors (Lipinski definition) is 0. The molecule has 0 bridgehead atoms. The first-order chi connectivity index (χ1) is 9.11. The van der Waals surface area contributed by atoms with Gasteiger partial charge in [0.05, 0.1) is 11.0 Å². The topological polar surface area (TPSA) is 94.3 Å². The van der Waals surface area contributed by atoms with Gasteiger partial charge in [-0.3, -0.25) is 4.79 Å². The van der Waals surface area contributed by atoms with Gasteiger partial charge in [-0.2, -0.15) is 0 Å². The highest BCUT2D eigenvalue weighted by atomic mass is 16.5. The number of carbonyl (C=O) groups is 2. The molecule has 0 saturated carbocycles. The van der Waals surface area contributed by atoms with Crippen LogP contribution in [-0.2, 0) is 4.74 Å². The predicted octanol–water partition coefficient (Wildman–Crippen LogP) is 0.891. The molecular formula is C12H10N2O5. The van der Waals surface area contributed by atoms with Crippen molar-refractivity contribution in [3.05, 3.63) is 45.8 Å². The Kier molecular flexibility index (Phi) is 3.28. The molecule has 0 aliphatic rings. The summed E-state index contributed by atoms with van der Waals surface area (Å²) in [6, 6.07) is 5.87. The molecule has 2 aromatic rings. The van der Waals surface area contributed by atoms with Gasteiger partial charge in [-0.1, -0.05) is 12.1 Å². The van der Waals surface area contributed by atoms with E-state index in [0.29, 0.717) is 0 Å². The monoisotopic (exact) mass is 262 g/mol. The van der Waals surface area contributed by atoms with E-state index in [9.17, 15) is 19.7 Å². The fraction of sp³-hybridized carbons (Fsp3) is 0.167. The molecule has 7 heteroatoms. The molecular weight excluding hydrogens is 252 g/mol. The van der Waals surface area contributed by atoms with E-state index in [-0.39, 0.29) is 33.1 Å². The van der Waals surface area contributed by atoms with E-state index in [2.05, 4.69) is 4.74 Å². The molecule has 0 radical (unpaired) electrons. The summed E-state index contributed by atoms with van der Waals surface area (Å²) >= 11 is 0.